The number of piperidine rings is 1. The summed E-state index contributed by atoms with van der Waals surface area (Å²) in [4.78, 5) is 19.7. The molecule has 194 valence electrons. The maximum atomic E-state index is 14.1. The topological polar surface area (TPSA) is 36.0 Å². The molecule has 0 radical (unpaired) electrons. The highest BCUT2D eigenvalue weighted by molar-refractivity contribution is 5.79. The molecule has 0 aromatic heterocycles. The van der Waals surface area contributed by atoms with E-state index in [-0.39, 0.29) is 11.7 Å². The minimum Gasteiger partial charge on any atom is -0.493 e. The molecular formula is C30H40FN3O2. The van der Waals surface area contributed by atoms with E-state index >= 15 is 0 Å². The van der Waals surface area contributed by atoms with Gasteiger partial charge in [-0.25, -0.2) is 4.39 Å². The summed E-state index contributed by atoms with van der Waals surface area (Å²) in [5, 5.41) is 0. The molecule has 0 bridgehead atoms. The second-order valence-corrected chi connectivity index (χ2v) is 10.8. The van der Waals surface area contributed by atoms with Gasteiger partial charge >= 0.3 is 0 Å². The lowest BCUT2D eigenvalue weighted by molar-refractivity contribution is -0.138. The molecular weight excluding hydrogens is 453 g/mol. The monoisotopic (exact) mass is 493 g/mol. The highest BCUT2D eigenvalue weighted by atomic mass is 19.1. The third-order valence-electron chi connectivity index (χ3n) is 8.14. The van der Waals surface area contributed by atoms with Gasteiger partial charge in [0.25, 0.3) is 0 Å². The molecule has 5 rings (SSSR count). The van der Waals surface area contributed by atoms with E-state index in [9.17, 15) is 9.18 Å². The summed E-state index contributed by atoms with van der Waals surface area (Å²) in [6.45, 7) is 6.75. The fraction of sp³-hybridized carbons (Fsp3) is 0.567. The van der Waals surface area contributed by atoms with Crippen LogP contribution in [0, 0.1) is 17.7 Å². The first-order valence-corrected chi connectivity index (χ1v) is 13.9. The minimum absolute atomic E-state index is 0.143. The Balaban J connectivity index is 1.08. The predicted octanol–water partition coefficient (Wildman–Crippen LogP) is 5.35. The summed E-state index contributed by atoms with van der Waals surface area (Å²) >= 11 is 0. The van der Waals surface area contributed by atoms with E-state index in [0.29, 0.717) is 24.1 Å². The molecule has 6 heteroatoms. The summed E-state index contributed by atoms with van der Waals surface area (Å²) in [7, 11) is 0. The predicted molar refractivity (Wildman–Crippen MR) is 142 cm³/mol. The van der Waals surface area contributed by atoms with Crippen LogP contribution in [0.2, 0.25) is 0 Å². The third kappa shape index (κ3) is 6.39. The standard InChI is InChI=1S/C30H40FN3O2/c31-28-13-4-5-14-29(28)33-18-16-32(17-19-33)21-24-8-6-12-27(20-24)36-23-25-9-7-15-34(22-25)30(35)26-10-2-1-3-11-26/h4-6,8,12-14,20,25-26H,1-3,7,9-11,15-19,21-23H2/t25-/m0/s1. The van der Waals surface area contributed by atoms with Crippen molar-refractivity contribution in [2.24, 2.45) is 11.8 Å². The SMILES string of the molecule is O=C(C1CCCCC1)N1CCC[C@H](COc2cccc(CN3CCN(c4ccccc4F)CC3)c2)C1. The molecule has 2 saturated heterocycles. The first kappa shape index (κ1) is 25.1. The van der Waals surface area contributed by atoms with Crippen LogP contribution < -0.4 is 9.64 Å². The van der Waals surface area contributed by atoms with Crippen LogP contribution in [0.15, 0.2) is 48.5 Å². The highest BCUT2D eigenvalue weighted by Crippen LogP contribution is 2.28. The summed E-state index contributed by atoms with van der Waals surface area (Å²) in [5.41, 5.74) is 1.94. The first-order chi connectivity index (χ1) is 17.7. The van der Waals surface area contributed by atoms with Crippen LogP contribution in [-0.2, 0) is 11.3 Å². The zero-order valence-electron chi connectivity index (χ0n) is 21.4. The molecule has 3 aliphatic rings. The Hall–Kier alpha value is -2.60. The fourth-order valence-corrected chi connectivity index (χ4v) is 6.07. The summed E-state index contributed by atoms with van der Waals surface area (Å²) < 4.78 is 20.4. The number of carbonyl (C=O) groups is 1. The molecule has 1 atom stereocenters. The second kappa shape index (κ2) is 12.1. The van der Waals surface area contributed by atoms with Crippen LogP contribution in [0.5, 0.6) is 5.75 Å². The van der Waals surface area contributed by atoms with E-state index in [0.717, 1.165) is 77.2 Å². The van der Waals surface area contributed by atoms with Crippen molar-refractivity contribution in [1.29, 1.82) is 0 Å². The number of hydrogen-bond donors (Lipinski definition) is 0. The molecule has 1 amide bonds. The van der Waals surface area contributed by atoms with Gasteiger partial charge in [-0.15, -0.1) is 0 Å². The van der Waals surface area contributed by atoms with E-state index in [1.807, 2.05) is 18.2 Å². The zero-order valence-corrected chi connectivity index (χ0v) is 21.4. The number of hydrogen-bond acceptors (Lipinski definition) is 4. The maximum absolute atomic E-state index is 14.1. The highest BCUT2D eigenvalue weighted by Gasteiger charge is 2.30. The summed E-state index contributed by atoms with van der Waals surface area (Å²) in [6, 6.07) is 15.4. The van der Waals surface area contributed by atoms with E-state index in [4.69, 9.17) is 4.74 Å². The molecule has 0 N–H and O–H groups in total. The Bertz CT molecular complexity index is 1000. The van der Waals surface area contributed by atoms with Gasteiger partial charge in [0.1, 0.15) is 11.6 Å². The Morgan fingerprint density at radius 3 is 2.50 bits per heavy atom. The number of likely N-dealkylation sites (tertiary alicyclic amines) is 1. The van der Waals surface area contributed by atoms with Gasteiger partial charge in [0.15, 0.2) is 0 Å². The largest absolute Gasteiger partial charge is 0.493 e. The van der Waals surface area contributed by atoms with Gasteiger partial charge in [-0.1, -0.05) is 43.5 Å². The Morgan fingerprint density at radius 2 is 1.69 bits per heavy atom. The van der Waals surface area contributed by atoms with Crippen molar-refractivity contribution in [2.45, 2.75) is 51.5 Å². The van der Waals surface area contributed by atoms with Crippen molar-refractivity contribution in [2.75, 3.05) is 50.8 Å². The summed E-state index contributed by atoms with van der Waals surface area (Å²) in [5.74, 6) is 1.81. The average molecular weight is 494 g/mol. The molecule has 2 aliphatic heterocycles. The normalized spacial score (nSPS) is 22.0. The lowest BCUT2D eigenvalue weighted by atomic mass is 9.87. The van der Waals surface area contributed by atoms with Crippen LogP contribution in [0.4, 0.5) is 10.1 Å². The number of halogens is 1. The first-order valence-electron chi connectivity index (χ1n) is 13.9. The van der Waals surface area contributed by atoms with Crippen molar-refractivity contribution in [3.8, 4) is 5.75 Å². The van der Waals surface area contributed by atoms with Gasteiger partial charge in [-0.2, -0.15) is 0 Å². The van der Waals surface area contributed by atoms with Crippen LogP contribution in [0.3, 0.4) is 0 Å². The number of nitrogens with zero attached hydrogens (tertiary/aromatic N) is 3. The summed E-state index contributed by atoms with van der Waals surface area (Å²) in [6.07, 6.45) is 8.03. The molecule has 0 spiro atoms. The van der Waals surface area contributed by atoms with Crippen molar-refractivity contribution in [1.82, 2.24) is 9.80 Å². The van der Waals surface area contributed by atoms with Crippen molar-refractivity contribution >= 4 is 11.6 Å². The molecule has 1 saturated carbocycles. The van der Waals surface area contributed by atoms with Gasteiger partial charge in [-0.3, -0.25) is 9.69 Å². The van der Waals surface area contributed by atoms with Crippen LogP contribution in [0.1, 0.15) is 50.5 Å². The molecule has 3 fully saturated rings. The molecule has 2 aromatic rings. The van der Waals surface area contributed by atoms with E-state index in [1.54, 1.807) is 6.07 Å². The Labute approximate surface area is 215 Å². The van der Waals surface area contributed by atoms with Crippen molar-refractivity contribution in [3.05, 3.63) is 59.9 Å². The number of rotatable bonds is 7. The zero-order chi connectivity index (χ0) is 24.7. The van der Waals surface area contributed by atoms with E-state index < -0.39 is 0 Å². The van der Waals surface area contributed by atoms with Crippen molar-refractivity contribution < 1.29 is 13.9 Å². The lowest BCUT2D eigenvalue weighted by Crippen LogP contribution is -2.46. The fourth-order valence-electron chi connectivity index (χ4n) is 6.07. The number of carbonyl (C=O) groups excluding carboxylic acids is 1. The number of ether oxygens (including phenoxy) is 1. The smallest absolute Gasteiger partial charge is 0.225 e. The second-order valence-electron chi connectivity index (χ2n) is 10.8. The Kier molecular flexibility index (Phi) is 8.42. The minimum atomic E-state index is -0.143. The van der Waals surface area contributed by atoms with E-state index in [2.05, 4.69) is 32.9 Å². The number of piperazine rings is 1. The van der Waals surface area contributed by atoms with Gasteiger partial charge in [0.2, 0.25) is 5.91 Å². The van der Waals surface area contributed by atoms with Gasteiger partial charge in [0, 0.05) is 57.6 Å². The van der Waals surface area contributed by atoms with Crippen molar-refractivity contribution in [3.63, 3.8) is 0 Å². The number of anilines is 1. The molecule has 1 aliphatic carbocycles. The van der Waals surface area contributed by atoms with Crippen LogP contribution in [-0.4, -0.2) is 61.6 Å². The average Bonchev–Trinajstić information content (AvgIpc) is 2.93. The lowest BCUT2D eigenvalue weighted by Gasteiger charge is -2.36. The van der Waals surface area contributed by atoms with E-state index in [1.165, 1.54) is 30.9 Å². The van der Waals surface area contributed by atoms with Gasteiger partial charge in [0.05, 0.1) is 12.3 Å². The van der Waals surface area contributed by atoms with Crippen LogP contribution >= 0.6 is 0 Å². The number of benzene rings is 2. The van der Waals surface area contributed by atoms with Gasteiger partial charge < -0.3 is 14.5 Å². The third-order valence-corrected chi connectivity index (χ3v) is 8.14. The maximum Gasteiger partial charge on any atom is 0.225 e. The molecule has 2 heterocycles. The molecule has 2 aromatic carbocycles. The Morgan fingerprint density at radius 1 is 0.889 bits per heavy atom. The van der Waals surface area contributed by atoms with Crippen LogP contribution in [0.25, 0.3) is 0 Å². The molecule has 5 nitrogen and oxygen atoms in total. The molecule has 0 unspecified atom stereocenters. The van der Waals surface area contributed by atoms with Gasteiger partial charge in [-0.05, 0) is 55.5 Å². The quantitative estimate of drug-likeness (QED) is 0.521. The molecule has 36 heavy (non-hydrogen) atoms. The number of amides is 1. The number of para-hydroxylation sites is 1.